The first-order valence-corrected chi connectivity index (χ1v) is 11.4. The summed E-state index contributed by atoms with van der Waals surface area (Å²) in [7, 11) is 0. The summed E-state index contributed by atoms with van der Waals surface area (Å²) in [6.07, 6.45) is -3.98. The predicted molar refractivity (Wildman–Crippen MR) is 126 cm³/mol. The van der Waals surface area contributed by atoms with Gasteiger partial charge >= 0.3 is 12.2 Å². The summed E-state index contributed by atoms with van der Waals surface area (Å²) in [4.78, 5) is 25.4. The minimum absolute atomic E-state index is 0.0501. The number of nitrogens with one attached hydrogen (secondary N) is 3. The van der Waals surface area contributed by atoms with E-state index in [1.54, 1.807) is 31.2 Å². The van der Waals surface area contributed by atoms with Crippen LogP contribution in [0.25, 0.3) is 10.6 Å². The van der Waals surface area contributed by atoms with Gasteiger partial charge in [-0.25, -0.2) is 4.79 Å². The topological polar surface area (TPSA) is 96.0 Å². The van der Waals surface area contributed by atoms with Crippen LogP contribution in [0.3, 0.4) is 0 Å². The molecule has 0 saturated carbocycles. The molecule has 0 bridgehead atoms. The molecule has 3 aromatic rings. The zero-order valence-electron chi connectivity index (χ0n) is 18.1. The molecule has 1 aromatic heterocycles. The van der Waals surface area contributed by atoms with Crippen molar-refractivity contribution < 1.29 is 22.8 Å². The van der Waals surface area contributed by atoms with E-state index in [1.807, 2.05) is 6.92 Å². The van der Waals surface area contributed by atoms with Gasteiger partial charge in [0.15, 0.2) is 0 Å². The molecule has 0 radical (unpaired) electrons. The Bertz CT molecular complexity index is 1170. The van der Waals surface area contributed by atoms with Crippen molar-refractivity contribution in [3.8, 4) is 10.6 Å². The highest BCUT2D eigenvalue weighted by atomic mass is 35.5. The lowest BCUT2D eigenvalue weighted by molar-refractivity contribution is -0.137. The van der Waals surface area contributed by atoms with Crippen LogP contribution in [0.2, 0.25) is 5.02 Å². The van der Waals surface area contributed by atoms with Crippen molar-refractivity contribution >= 4 is 45.7 Å². The third-order valence-electron chi connectivity index (χ3n) is 4.96. The van der Waals surface area contributed by atoms with Crippen molar-refractivity contribution in [3.63, 3.8) is 0 Å². The second-order valence-electron chi connectivity index (χ2n) is 7.45. The van der Waals surface area contributed by atoms with E-state index in [4.69, 9.17) is 11.6 Å². The Morgan fingerprint density at radius 2 is 1.82 bits per heavy atom. The van der Waals surface area contributed by atoms with Crippen LogP contribution < -0.4 is 16.0 Å². The molecule has 0 aliphatic rings. The summed E-state index contributed by atoms with van der Waals surface area (Å²) in [6.45, 7) is 3.62. The van der Waals surface area contributed by atoms with Crippen molar-refractivity contribution in [3.05, 3.63) is 59.1 Å². The average molecular weight is 512 g/mol. The van der Waals surface area contributed by atoms with Crippen LogP contribution in [-0.4, -0.2) is 28.2 Å². The van der Waals surface area contributed by atoms with E-state index >= 15 is 0 Å². The minimum Gasteiger partial charge on any atom is -0.326 e. The Labute approximate surface area is 202 Å². The second kappa shape index (κ2) is 10.8. The van der Waals surface area contributed by atoms with Gasteiger partial charge < -0.3 is 10.6 Å². The summed E-state index contributed by atoms with van der Waals surface area (Å²) < 4.78 is 38.7. The number of benzene rings is 2. The third kappa shape index (κ3) is 6.67. The van der Waals surface area contributed by atoms with Gasteiger partial charge in [-0.2, -0.15) is 13.2 Å². The van der Waals surface area contributed by atoms with E-state index in [0.29, 0.717) is 16.5 Å². The van der Waals surface area contributed by atoms with Crippen molar-refractivity contribution in [2.75, 3.05) is 10.6 Å². The molecule has 0 aliphatic carbocycles. The molecule has 3 rings (SSSR count). The number of amides is 3. The van der Waals surface area contributed by atoms with Crippen molar-refractivity contribution in [2.45, 2.75) is 32.5 Å². The number of urea groups is 1. The monoisotopic (exact) mass is 511 g/mol. The molecule has 2 aromatic carbocycles. The van der Waals surface area contributed by atoms with Crippen LogP contribution in [0.4, 0.5) is 28.8 Å². The molecular weight excluding hydrogens is 491 g/mol. The molecule has 3 N–H and O–H groups in total. The summed E-state index contributed by atoms with van der Waals surface area (Å²) in [5, 5.41) is 16.9. The van der Waals surface area contributed by atoms with Gasteiger partial charge in [0, 0.05) is 16.3 Å². The number of rotatable bonds is 7. The molecule has 34 heavy (non-hydrogen) atoms. The van der Waals surface area contributed by atoms with Gasteiger partial charge in [0.05, 0.1) is 5.56 Å². The van der Waals surface area contributed by atoms with Crippen LogP contribution in [0.1, 0.15) is 25.8 Å². The van der Waals surface area contributed by atoms with Crippen molar-refractivity contribution in [1.82, 2.24) is 15.5 Å². The third-order valence-corrected chi connectivity index (χ3v) is 6.08. The predicted octanol–water partition coefficient (Wildman–Crippen LogP) is 6.05. The standard InChI is InChI=1S/C22H21ClF3N5O2S/c1-3-12(2)17(28-20(33)27-16-9-5-7-14(11-16)22(24,25)26)18(32)29-21-31-30-19(34-21)13-6-4-8-15(23)10-13/h4-12,17H,3H2,1-2H3,(H2,27,28,33)(H,29,31,32)/t12-,17-/m0/s1. The highest BCUT2D eigenvalue weighted by Gasteiger charge is 2.31. The molecule has 7 nitrogen and oxygen atoms in total. The van der Waals surface area contributed by atoms with E-state index < -0.39 is 29.7 Å². The molecule has 0 fully saturated rings. The fraction of sp³-hybridized carbons (Fsp3) is 0.273. The quantitative estimate of drug-likeness (QED) is 0.359. The molecule has 180 valence electrons. The van der Waals surface area contributed by atoms with E-state index in [1.165, 1.54) is 12.1 Å². The maximum absolute atomic E-state index is 12.9. The highest BCUT2D eigenvalue weighted by molar-refractivity contribution is 7.18. The van der Waals surface area contributed by atoms with Crippen LogP contribution in [0, 0.1) is 5.92 Å². The van der Waals surface area contributed by atoms with E-state index in [9.17, 15) is 22.8 Å². The number of anilines is 2. The smallest absolute Gasteiger partial charge is 0.326 e. The number of carbonyl (C=O) groups excluding carboxylic acids is 2. The van der Waals surface area contributed by atoms with Crippen molar-refractivity contribution in [2.24, 2.45) is 5.92 Å². The van der Waals surface area contributed by atoms with Gasteiger partial charge in [0.1, 0.15) is 11.0 Å². The Hall–Kier alpha value is -3.18. The summed E-state index contributed by atoms with van der Waals surface area (Å²) in [6, 6.07) is 9.47. The maximum atomic E-state index is 12.9. The summed E-state index contributed by atoms with van der Waals surface area (Å²) >= 11 is 7.14. The van der Waals surface area contributed by atoms with Gasteiger partial charge in [-0.3, -0.25) is 10.1 Å². The SMILES string of the molecule is CC[C@H](C)[C@H](NC(=O)Nc1cccc(C(F)(F)F)c1)C(=O)Nc1nnc(-c2cccc(Cl)c2)s1. The molecule has 0 spiro atoms. The lowest BCUT2D eigenvalue weighted by Gasteiger charge is -2.23. The van der Waals surface area contributed by atoms with Crippen LogP contribution in [0.5, 0.6) is 0 Å². The second-order valence-corrected chi connectivity index (χ2v) is 8.87. The summed E-state index contributed by atoms with van der Waals surface area (Å²) in [5.74, 6) is -0.796. The Balaban J connectivity index is 1.69. The lowest BCUT2D eigenvalue weighted by Crippen LogP contribution is -2.49. The number of alkyl halides is 3. The average Bonchev–Trinajstić information content (AvgIpc) is 3.25. The minimum atomic E-state index is -4.54. The highest BCUT2D eigenvalue weighted by Crippen LogP contribution is 2.31. The molecule has 0 saturated heterocycles. The molecule has 0 aliphatic heterocycles. The number of aromatic nitrogens is 2. The summed E-state index contributed by atoms with van der Waals surface area (Å²) in [5.41, 5.74) is -0.207. The Kier molecular flexibility index (Phi) is 8.11. The first kappa shape index (κ1) is 25.4. The van der Waals surface area contributed by atoms with Gasteiger partial charge in [0.25, 0.3) is 0 Å². The number of nitrogens with zero attached hydrogens (tertiary/aromatic N) is 2. The van der Waals surface area contributed by atoms with E-state index in [0.717, 1.165) is 29.0 Å². The molecule has 2 atom stereocenters. The van der Waals surface area contributed by atoms with Crippen LogP contribution >= 0.6 is 22.9 Å². The van der Waals surface area contributed by atoms with Gasteiger partial charge in [-0.05, 0) is 36.2 Å². The molecular formula is C22H21ClF3N5O2S. The molecule has 3 amide bonds. The number of halogens is 4. The van der Waals surface area contributed by atoms with Gasteiger partial charge in [-0.1, -0.05) is 61.4 Å². The number of hydrogen-bond donors (Lipinski definition) is 3. The molecule has 12 heteroatoms. The van der Waals surface area contributed by atoms with Crippen LogP contribution in [0.15, 0.2) is 48.5 Å². The molecule has 0 unspecified atom stereocenters. The van der Waals surface area contributed by atoms with Gasteiger partial charge in [0.2, 0.25) is 11.0 Å². The first-order chi connectivity index (χ1) is 16.1. The first-order valence-electron chi connectivity index (χ1n) is 10.2. The fourth-order valence-electron chi connectivity index (χ4n) is 2.98. The lowest BCUT2D eigenvalue weighted by atomic mass is 9.98. The Morgan fingerprint density at radius 1 is 1.09 bits per heavy atom. The van der Waals surface area contributed by atoms with Crippen molar-refractivity contribution in [1.29, 1.82) is 0 Å². The maximum Gasteiger partial charge on any atom is 0.416 e. The van der Waals surface area contributed by atoms with Crippen LogP contribution in [-0.2, 0) is 11.0 Å². The number of hydrogen-bond acceptors (Lipinski definition) is 5. The van der Waals surface area contributed by atoms with E-state index in [2.05, 4.69) is 26.1 Å². The number of carbonyl (C=O) groups is 2. The zero-order chi connectivity index (χ0) is 24.9. The van der Waals surface area contributed by atoms with Gasteiger partial charge in [-0.15, -0.1) is 10.2 Å². The molecule has 1 heterocycles. The fourth-order valence-corrected chi connectivity index (χ4v) is 3.91. The Morgan fingerprint density at radius 3 is 2.50 bits per heavy atom. The normalized spacial score (nSPS) is 13.1. The van der Waals surface area contributed by atoms with E-state index in [-0.39, 0.29) is 16.7 Å². The zero-order valence-corrected chi connectivity index (χ0v) is 19.7. The largest absolute Gasteiger partial charge is 0.416 e.